The second-order valence-electron chi connectivity index (χ2n) is 8.08. The van der Waals surface area contributed by atoms with E-state index >= 15 is 0 Å². The van der Waals surface area contributed by atoms with E-state index in [2.05, 4.69) is 14.9 Å². The molecule has 2 aromatic carbocycles. The molecule has 1 aliphatic heterocycles. The van der Waals surface area contributed by atoms with Crippen LogP contribution in [0.5, 0.6) is 5.75 Å². The fourth-order valence-electron chi connectivity index (χ4n) is 4.13. The number of β-amino-alcohol motifs (C(OH)–C–C–N with tert-alkyl or cyclic N) is 1. The van der Waals surface area contributed by atoms with Crippen LogP contribution in [0.25, 0.3) is 27.8 Å². The van der Waals surface area contributed by atoms with Gasteiger partial charge in [-0.2, -0.15) is 0 Å². The van der Waals surface area contributed by atoms with Crippen LogP contribution in [0.3, 0.4) is 0 Å². The third-order valence-electron chi connectivity index (χ3n) is 5.80. The minimum atomic E-state index is -0.573. The Balaban J connectivity index is 1.35. The summed E-state index contributed by atoms with van der Waals surface area (Å²) in [5.74, 6) is 0.665. The molecule has 1 unspecified atom stereocenters. The minimum Gasteiger partial charge on any atom is -0.491 e. The number of H-pyrrole nitrogens is 1. The van der Waals surface area contributed by atoms with E-state index in [-0.39, 0.29) is 12.2 Å². The van der Waals surface area contributed by atoms with Gasteiger partial charge in [0, 0.05) is 37.1 Å². The van der Waals surface area contributed by atoms with E-state index in [0.717, 1.165) is 29.9 Å². The van der Waals surface area contributed by atoms with Gasteiger partial charge in [0.15, 0.2) is 5.65 Å². The molecule has 170 valence electrons. The van der Waals surface area contributed by atoms with Gasteiger partial charge in [-0.25, -0.2) is 4.98 Å². The van der Waals surface area contributed by atoms with Crippen LogP contribution in [0.2, 0.25) is 0 Å². The van der Waals surface area contributed by atoms with E-state index in [0.29, 0.717) is 36.5 Å². The topological polar surface area (TPSA) is 92.6 Å². The van der Waals surface area contributed by atoms with Gasteiger partial charge in [-0.05, 0) is 29.8 Å². The molecule has 33 heavy (non-hydrogen) atoms. The molecule has 0 spiro atoms. The molecule has 1 saturated heterocycles. The van der Waals surface area contributed by atoms with Crippen LogP contribution in [0.15, 0.2) is 71.9 Å². The molecule has 0 amide bonds. The Bertz CT molecular complexity index is 1260. The zero-order valence-corrected chi connectivity index (χ0v) is 18.2. The van der Waals surface area contributed by atoms with E-state index in [4.69, 9.17) is 9.47 Å². The number of nitrogens with one attached hydrogen (secondary N) is 1. The summed E-state index contributed by atoms with van der Waals surface area (Å²) in [6.45, 7) is 3.85. The molecular formula is C25H26N4O4. The summed E-state index contributed by atoms with van der Waals surface area (Å²) < 4.78 is 13.1. The highest BCUT2D eigenvalue weighted by molar-refractivity contribution is 5.94. The fraction of sp³-hybridized carbons (Fsp3) is 0.280. The van der Waals surface area contributed by atoms with Crippen molar-refractivity contribution >= 4 is 11.0 Å². The van der Waals surface area contributed by atoms with Gasteiger partial charge in [-0.1, -0.05) is 30.3 Å². The average Bonchev–Trinajstić information content (AvgIpc) is 3.25. The zero-order chi connectivity index (χ0) is 22.6. The number of rotatable bonds is 7. The lowest BCUT2D eigenvalue weighted by Gasteiger charge is -2.28. The number of aromatic amines is 1. The monoisotopic (exact) mass is 446 g/mol. The molecule has 2 aromatic heterocycles. The quantitative estimate of drug-likeness (QED) is 0.453. The highest BCUT2D eigenvalue weighted by atomic mass is 16.5. The lowest BCUT2D eigenvalue weighted by Crippen LogP contribution is -2.42. The van der Waals surface area contributed by atoms with Crippen molar-refractivity contribution in [2.75, 3.05) is 39.5 Å². The molecule has 1 atom stereocenters. The summed E-state index contributed by atoms with van der Waals surface area (Å²) in [6.07, 6.45) is 2.79. The lowest BCUT2D eigenvalue weighted by atomic mass is 10.1. The van der Waals surface area contributed by atoms with Gasteiger partial charge >= 0.3 is 0 Å². The van der Waals surface area contributed by atoms with Gasteiger partial charge < -0.3 is 24.1 Å². The molecule has 0 bridgehead atoms. The van der Waals surface area contributed by atoms with Gasteiger partial charge in [0.2, 0.25) is 0 Å². The Morgan fingerprint density at radius 2 is 1.85 bits per heavy atom. The summed E-state index contributed by atoms with van der Waals surface area (Å²) in [5.41, 5.74) is 3.03. The maximum absolute atomic E-state index is 12.7. The predicted octanol–water partition coefficient (Wildman–Crippen LogP) is 2.45. The molecule has 0 aliphatic carbocycles. The van der Waals surface area contributed by atoms with Crippen molar-refractivity contribution in [2.45, 2.75) is 6.10 Å². The predicted molar refractivity (Wildman–Crippen MR) is 126 cm³/mol. The van der Waals surface area contributed by atoms with E-state index in [9.17, 15) is 9.90 Å². The SMILES string of the molecule is O=c1[nH]cnc2c1c(-c1ccc(OCC(O)CN3CCOCC3)cc1)cn2-c1ccccc1. The second kappa shape index (κ2) is 9.58. The van der Waals surface area contributed by atoms with Crippen molar-refractivity contribution in [3.8, 4) is 22.6 Å². The lowest BCUT2D eigenvalue weighted by molar-refractivity contribution is 0.00466. The van der Waals surface area contributed by atoms with Crippen molar-refractivity contribution in [1.29, 1.82) is 0 Å². The third-order valence-corrected chi connectivity index (χ3v) is 5.80. The first kappa shape index (κ1) is 21.4. The van der Waals surface area contributed by atoms with Gasteiger partial charge in [-0.15, -0.1) is 0 Å². The smallest absolute Gasteiger partial charge is 0.260 e. The standard InChI is InChI=1S/C25H26N4O4/c30-20(14-28-10-12-32-13-11-28)16-33-21-8-6-18(7-9-21)22-15-29(19-4-2-1-3-5-19)24-23(22)25(31)27-17-26-24/h1-9,15,17,20,30H,10-14,16H2,(H,26,27,31). The molecule has 2 N–H and O–H groups in total. The van der Waals surface area contributed by atoms with Crippen molar-refractivity contribution in [1.82, 2.24) is 19.4 Å². The van der Waals surface area contributed by atoms with Gasteiger partial charge in [0.25, 0.3) is 5.56 Å². The average molecular weight is 447 g/mol. The number of fused-ring (bicyclic) bond motifs is 1. The number of para-hydroxylation sites is 1. The Kier molecular flexibility index (Phi) is 6.21. The van der Waals surface area contributed by atoms with Crippen LogP contribution in [0, 0.1) is 0 Å². The van der Waals surface area contributed by atoms with E-state index in [1.54, 1.807) is 0 Å². The van der Waals surface area contributed by atoms with Crippen molar-refractivity contribution in [3.05, 3.63) is 77.5 Å². The Labute approximate surface area is 191 Å². The molecule has 0 radical (unpaired) electrons. The van der Waals surface area contributed by atoms with Crippen LogP contribution >= 0.6 is 0 Å². The Morgan fingerprint density at radius 1 is 1.09 bits per heavy atom. The number of nitrogens with zero attached hydrogens (tertiary/aromatic N) is 3. The van der Waals surface area contributed by atoms with Crippen LogP contribution in [0.4, 0.5) is 0 Å². The highest BCUT2D eigenvalue weighted by Crippen LogP contribution is 2.30. The number of aromatic nitrogens is 3. The van der Waals surface area contributed by atoms with E-state index in [1.165, 1.54) is 6.33 Å². The summed E-state index contributed by atoms with van der Waals surface area (Å²) in [7, 11) is 0. The number of aliphatic hydroxyl groups is 1. The van der Waals surface area contributed by atoms with Crippen LogP contribution in [0.1, 0.15) is 0 Å². The molecule has 3 heterocycles. The first-order valence-corrected chi connectivity index (χ1v) is 11.0. The number of ether oxygens (including phenoxy) is 2. The van der Waals surface area contributed by atoms with E-state index in [1.807, 2.05) is 65.4 Å². The zero-order valence-electron chi connectivity index (χ0n) is 18.2. The molecule has 1 fully saturated rings. The van der Waals surface area contributed by atoms with Gasteiger partial charge in [0.1, 0.15) is 18.5 Å². The second-order valence-corrected chi connectivity index (χ2v) is 8.08. The van der Waals surface area contributed by atoms with Crippen molar-refractivity contribution in [2.24, 2.45) is 0 Å². The van der Waals surface area contributed by atoms with Crippen molar-refractivity contribution < 1.29 is 14.6 Å². The normalized spacial score (nSPS) is 15.5. The van der Waals surface area contributed by atoms with Gasteiger partial charge in [-0.3, -0.25) is 9.69 Å². The maximum Gasteiger partial charge on any atom is 0.260 e. The molecule has 5 rings (SSSR count). The number of morpholine rings is 1. The molecule has 8 heteroatoms. The maximum atomic E-state index is 12.7. The number of benzene rings is 2. The Morgan fingerprint density at radius 3 is 2.61 bits per heavy atom. The summed E-state index contributed by atoms with van der Waals surface area (Å²) in [5, 5.41) is 10.8. The summed E-state index contributed by atoms with van der Waals surface area (Å²) in [6, 6.07) is 17.4. The minimum absolute atomic E-state index is 0.184. The molecule has 1 aliphatic rings. The molecule has 4 aromatic rings. The first-order valence-electron chi connectivity index (χ1n) is 11.0. The van der Waals surface area contributed by atoms with Crippen LogP contribution in [-0.2, 0) is 4.74 Å². The Hall–Kier alpha value is -3.46. The summed E-state index contributed by atoms with van der Waals surface area (Å²) in [4.78, 5) is 21.9. The highest BCUT2D eigenvalue weighted by Gasteiger charge is 2.17. The fourth-order valence-corrected chi connectivity index (χ4v) is 4.13. The first-order chi connectivity index (χ1) is 16.2. The van der Waals surface area contributed by atoms with Crippen LogP contribution < -0.4 is 10.3 Å². The number of hydrogen-bond donors (Lipinski definition) is 2. The number of hydrogen-bond acceptors (Lipinski definition) is 6. The molecule has 0 saturated carbocycles. The molecular weight excluding hydrogens is 420 g/mol. The van der Waals surface area contributed by atoms with Crippen LogP contribution in [-0.4, -0.2) is 70.1 Å². The van der Waals surface area contributed by atoms with Gasteiger partial charge in [0.05, 0.1) is 24.9 Å². The van der Waals surface area contributed by atoms with E-state index < -0.39 is 6.10 Å². The largest absolute Gasteiger partial charge is 0.491 e. The molecule has 8 nitrogen and oxygen atoms in total. The number of aliphatic hydroxyl groups excluding tert-OH is 1. The summed E-state index contributed by atoms with van der Waals surface area (Å²) >= 11 is 0. The van der Waals surface area contributed by atoms with Crippen molar-refractivity contribution in [3.63, 3.8) is 0 Å². The third kappa shape index (κ3) is 4.68.